The van der Waals surface area contributed by atoms with Crippen molar-refractivity contribution in [2.45, 2.75) is 64.3 Å². The fourth-order valence-corrected chi connectivity index (χ4v) is 2.20. The summed E-state index contributed by atoms with van der Waals surface area (Å²) >= 11 is 0. The SMILES string of the molecule is CC(C)CCOCCC1(N)CCCCC1. The van der Waals surface area contributed by atoms with Gasteiger partial charge in [-0.05, 0) is 31.6 Å². The molecule has 1 aliphatic carbocycles. The van der Waals surface area contributed by atoms with Crippen LogP contribution < -0.4 is 5.73 Å². The molecule has 0 spiro atoms. The van der Waals surface area contributed by atoms with Crippen molar-refractivity contribution >= 4 is 0 Å². The van der Waals surface area contributed by atoms with Gasteiger partial charge in [0.25, 0.3) is 0 Å². The van der Waals surface area contributed by atoms with E-state index in [4.69, 9.17) is 10.5 Å². The standard InChI is InChI=1S/C13H27NO/c1-12(2)6-10-15-11-9-13(14)7-4-3-5-8-13/h12H,3-11,14H2,1-2H3. The molecule has 0 heterocycles. The Labute approximate surface area is 94.6 Å². The van der Waals surface area contributed by atoms with Crippen molar-refractivity contribution in [1.29, 1.82) is 0 Å². The van der Waals surface area contributed by atoms with Crippen LogP contribution in [0.1, 0.15) is 58.8 Å². The van der Waals surface area contributed by atoms with Gasteiger partial charge in [-0.15, -0.1) is 0 Å². The number of hydrogen-bond donors (Lipinski definition) is 1. The Hall–Kier alpha value is -0.0800. The lowest BCUT2D eigenvalue weighted by Gasteiger charge is -2.33. The van der Waals surface area contributed by atoms with Crippen LogP contribution in [0.3, 0.4) is 0 Å². The maximum atomic E-state index is 6.32. The van der Waals surface area contributed by atoms with E-state index in [0.717, 1.165) is 32.0 Å². The average Bonchev–Trinajstić information content (AvgIpc) is 2.17. The van der Waals surface area contributed by atoms with Crippen LogP contribution in [0.25, 0.3) is 0 Å². The van der Waals surface area contributed by atoms with Gasteiger partial charge in [0.2, 0.25) is 0 Å². The van der Waals surface area contributed by atoms with Crippen LogP contribution in [0.4, 0.5) is 0 Å². The molecule has 0 bridgehead atoms. The number of hydrogen-bond acceptors (Lipinski definition) is 2. The molecule has 0 aliphatic heterocycles. The first-order chi connectivity index (χ1) is 7.12. The van der Waals surface area contributed by atoms with E-state index < -0.39 is 0 Å². The van der Waals surface area contributed by atoms with Gasteiger partial charge in [-0.1, -0.05) is 33.1 Å². The largest absolute Gasteiger partial charge is 0.381 e. The van der Waals surface area contributed by atoms with E-state index in [1.54, 1.807) is 0 Å². The summed E-state index contributed by atoms with van der Waals surface area (Å²) in [6, 6.07) is 0. The Morgan fingerprint density at radius 2 is 1.80 bits per heavy atom. The molecule has 0 aromatic rings. The predicted octanol–water partition coefficient (Wildman–Crippen LogP) is 3.10. The summed E-state index contributed by atoms with van der Waals surface area (Å²) in [5.74, 6) is 0.742. The van der Waals surface area contributed by atoms with E-state index in [1.807, 2.05) is 0 Å². The summed E-state index contributed by atoms with van der Waals surface area (Å²) in [7, 11) is 0. The van der Waals surface area contributed by atoms with Crippen LogP contribution in [0.5, 0.6) is 0 Å². The lowest BCUT2D eigenvalue weighted by atomic mass is 9.80. The molecule has 1 saturated carbocycles. The maximum Gasteiger partial charge on any atom is 0.0483 e. The van der Waals surface area contributed by atoms with Crippen molar-refractivity contribution < 1.29 is 4.74 Å². The maximum absolute atomic E-state index is 6.32. The Bertz CT molecular complexity index is 162. The van der Waals surface area contributed by atoms with Crippen LogP contribution >= 0.6 is 0 Å². The molecule has 0 aromatic carbocycles. The second-order valence-corrected chi connectivity index (χ2v) is 5.47. The third kappa shape index (κ3) is 5.53. The molecule has 0 amide bonds. The van der Waals surface area contributed by atoms with Crippen molar-refractivity contribution in [3.05, 3.63) is 0 Å². The highest BCUT2D eigenvalue weighted by Gasteiger charge is 2.26. The van der Waals surface area contributed by atoms with E-state index in [-0.39, 0.29) is 5.54 Å². The van der Waals surface area contributed by atoms with Gasteiger partial charge in [-0.25, -0.2) is 0 Å². The highest BCUT2D eigenvalue weighted by atomic mass is 16.5. The highest BCUT2D eigenvalue weighted by molar-refractivity contribution is 4.86. The number of ether oxygens (including phenoxy) is 1. The molecule has 1 aliphatic rings. The van der Waals surface area contributed by atoms with Crippen molar-refractivity contribution in [1.82, 2.24) is 0 Å². The Kier molecular flexibility index (Phi) is 5.62. The van der Waals surface area contributed by atoms with Crippen molar-refractivity contribution in [3.8, 4) is 0 Å². The smallest absolute Gasteiger partial charge is 0.0483 e. The summed E-state index contributed by atoms with van der Waals surface area (Å²) in [6.07, 6.45) is 8.59. The summed E-state index contributed by atoms with van der Waals surface area (Å²) in [4.78, 5) is 0. The molecule has 0 radical (unpaired) electrons. The van der Waals surface area contributed by atoms with Crippen molar-refractivity contribution in [3.63, 3.8) is 0 Å². The Morgan fingerprint density at radius 1 is 1.13 bits per heavy atom. The molecule has 2 nitrogen and oxygen atoms in total. The molecule has 0 atom stereocenters. The third-order valence-electron chi connectivity index (χ3n) is 3.43. The topological polar surface area (TPSA) is 35.2 Å². The minimum absolute atomic E-state index is 0.0933. The lowest BCUT2D eigenvalue weighted by molar-refractivity contribution is 0.0973. The summed E-state index contributed by atoms with van der Waals surface area (Å²) < 4.78 is 5.63. The third-order valence-corrected chi connectivity index (χ3v) is 3.43. The minimum atomic E-state index is 0.0933. The first kappa shape index (κ1) is 13.0. The lowest BCUT2D eigenvalue weighted by Crippen LogP contribution is -2.42. The molecule has 15 heavy (non-hydrogen) atoms. The average molecular weight is 213 g/mol. The van der Waals surface area contributed by atoms with Crippen molar-refractivity contribution in [2.75, 3.05) is 13.2 Å². The Balaban J connectivity index is 2.03. The van der Waals surface area contributed by atoms with Gasteiger partial charge in [-0.3, -0.25) is 0 Å². The van der Waals surface area contributed by atoms with E-state index in [1.165, 1.54) is 32.1 Å². The van der Waals surface area contributed by atoms with E-state index in [0.29, 0.717) is 0 Å². The van der Waals surface area contributed by atoms with Crippen LogP contribution in [0.15, 0.2) is 0 Å². The summed E-state index contributed by atoms with van der Waals surface area (Å²) in [5.41, 5.74) is 6.41. The van der Waals surface area contributed by atoms with Gasteiger partial charge in [0.05, 0.1) is 0 Å². The fraction of sp³-hybridized carbons (Fsp3) is 1.00. The van der Waals surface area contributed by atoms with Gasteiger partial charge in [-0.2, -0.15) is 0 Å². The monoisotopic (exact) mass is 213 g/mol. The highest BCUT2D eigenvalue weighted by Crippen LogP contribution is 2.28. The normalized spacial score (nSPS) is 20.8. The second-order valence-electron chi connectivity index (χ2n) is 5.47. The zero-order chi connectivity index (χ0) is 11.1. The van der Waals surface area contributed by atoms with Gasteiger partial charge >= 0.3 is 0 Å². The first-order valence-electron chi connectivity index (χ1n) is 6.49. The van der Waals surface area contributed by atoms with E-state index in [9.17, 15) is 0 Å². The van der Waals surface area contributed by atoms with Gasteiger partial charge < -0.3 is 10.5 Å². The van der Waals surface area contributed by atoms with Crippen LogP contribution in [-0.4, -0.2) is 18.8 Å². The molecular formula is C13H27NO. The predicted molar refractivity (Wildman–Crippen MR) is 64.9 cm³/mol. The first-order valence-corrected chi connectivity index (χ1v) is 6.49. The van der Waals surface area contributed by atoms with Gasteiger partial charge in [0.1, 0.15) is 0 Å². The summed E-state index contributed by atoms with van der Waals surface area (Å²) in [5, 5.41) is 0. The van der Waals surface area contributed by atoms with Gasteiger partial charge in [0.15, 0.2) is 0 Å². The zero-order valence-corrected chi connectivity index (χ0v) is 10.4. The van der Waals surface area contributed by atoms with E-state index in [2.05, 4.69) is 13.8 Å². The summed E-state index contributed by atoms with van der Waals surface area (Å²) in [6.45, 7) is 6.21. The molecule has 1 fully saturated rings. The molecule has 90 valence electrons. The van der Waals surface area contributed by atoms with E-state index >= 15 is 0 Å². The van der Waals surface area contributed by atoms with Gasteiger partial charge in [0, 0.05) is 18.8 Å². The molecule has 0 saturated heterocycles. The number of rotatable bonds is 6. The quantitative estimate of drug-likeness (QED) is 0.688. The molecule has 1 rings (SSSR count). The number of nitrogens with two attached hydrogens (primary N) is 1. The zero-order valence-electron chi connectivity index (χ0n) is 10.4. The van der Waals surface area contributed by atoms with Crippen LogP contribution in [0, 0.1) is 5.92 Å². The second kappa shape index (κ2) is 6.49. The minimum Gasteiger partial charge on any atom is -0.381 e. The molecule has 0 unspecified atom stereocenters. The van der Waals surface area contributed by atoms with Crippen LogP contribution in [0.2, 0.25) is 0 Å². The molecular weight excluding hydrogens is 186 g/mol. The molecule has 0 aromatic heterocycles. The molecule has 2 heteroatoms. The molecule has 2 N–H and O–H groups in total. The fourth-order valence-electron chi connectivity index (χ4n) is 2.20. The van der Waals surface area contributed by atoms with Crippen LogP contribution in [-0.2, 0) is 4.74 Å². The van der Waals surface area contributed by atoms with Crippen molar-refractivity contribution in [2.24, 2.45) is 11.7 Å². The Morgan fingerprint density at radius 3 is 2.40 bits per heavy atom.